The average Bonchev–Trinajstić information content (AvgIpc) is 3.31. The van der Waals surface area contributed by atoms with E-state index in [-0.39, 0.29) is 0 Å². The number of rotatable bonds is 5. The first-order chi connectivity index (χ1) is 12.7. The van der Waals surface area contributed by atoms with Gasteiger partial charge >= 0.3 is 0 Å². The zero-order valence-electron chi connectivity index (χ0n) is 15.9. The van der Waals surface area contributed by atoms with E-state index in [0.29, 0.717) is 12.5 Å². The molecule has 2 heterocycles. The maximum absolute atomic E-state index is 5.51. The number of hydrogen-bond donors (Lipinski definition) is 1. The summed E-state index contributed by atoms with van der Waals surface area (Å²) in [4.78, 5) is 6.75. The highest BCUT2D eigenvalue weighted by atomic mass is 16.5. The smallest absolute Gasteiger partial charge is 0.193 e. The molecule has 2 aromatic rings. The van der Waals surface area contributed by atoms with E-state index in [0.717, 1.165) is 42.5 Å². The van der Waals surface area contributed by atoms with E-state index in [1.165, 1.54) is 5.56 Å². The van der Waals surface area contributed by atoms with Crippen LogP contribution in [0.1, 0.15) is 23.5 Å². The average molecular weight is 357 g/mol. The molecule has 1 N–H and O–H groups in total. The van der Waals surface area contributed by atoms with Crippen LogP contribution in [0.15, 0.2) is 35.6 Å². The lowest BCUT2D eigenvalue weighted by molar-refractivity contribution is 0.351. The summed E-state index contributed by atoms with van der Waals surface area (Å²) in [6, 6.07) is 5.90. The van der Waals surface area contributed by atoms with Crippen LogP contribution in [0.4, 0.5) is 0 Å². The molecule has 7 nitrogen and oxygen atoms in total. The number of aliphatic imine (C=N–C) groups is 1. The summed E-state index contributed by atoms with van der Waals surface area (Å²) in [6.07, 6.45) is 5.17. The summed E-state index contributed by atoms with van der Waals surface area (Å²) < 4.78 is 12.7. The predicted molar refractivity (Wildman–Crippen MR) is 102 cm³/mol. The van der Waals surface area contributed by atoms with Crippen molar-refractivity contribution in [2.45, 2.75) is 18.9 Å². The van der Waals surface area contributed by atoms with E-state index in [4.69, 9.17) is 9.47 Å². The molecule has 1 aliphatic heterocycles. The van der Waals surface area contributed by atoms with Gasteiger partial charge in [-0.2, -0.15) is 5.10 Å². The SMILES string of the molecule is CN=C(NCc1cccc(OC)c1OC)N1CCC(c2cnn(C)c2)C1. The molecule has 0 radical (unpaired) electrons. The van der Waals surface area contributed by atoms with Gasteiger partial charge in [0.25, 0.3) is 0 Å². The Morgan fingerprint density at radius 2 is 2.19 bits per heavy atom. The van der Waals surface area contributed by atoms with Crippen molar-refractivity contribution in [3.63, 3.8) is 0 Å². The van der Waals surface area contributed by atoms with Crippen LogP contribution in [0.2, 0.25) is 0 Å². The Morgan fingerprint density at radius 3 is 2.85 bits per heavy atom. The van der Waals surface area contributed by atoms with Gasteiger partial charge in [0.05, 0.1) is 20.4 Å². The van der Waals surface area contributed by atoms with Crippen LogP contribution in [-0.2, 0) is 13.6 Å². The number of hydrogen-bond acceptors (Lipinski definition) is 4. The van der Waals surface area contributed by atoms with Gasteiger partial charge in [0.2, 0.25) is 0 Å². The van der Waals surface area contributed by atoms with Crippen molar-refractivity contribution in [2.24, 2.45) is 12.0 Å². The normalized spacial score (nSPS) is 17.5. The fourth-order valence-corrected chi connectivity index (χ4v) is 3.48. The van der Waals surface area contributed by atoms with Crippen molar-refractivity contribution in [1.29, 1.82) is 0 Å². The standard InChI is InChI=1S/C19H27N5O2/c1-20-19(21-10-14-6-5-7-17(25-3)18(14)26-4)24-9-8-15(13-24)16-11-22-23(2)12-16/h5-7,11-12,15H,8-10,13H2,1-4H3,(H,20,21). The summed E-state index contributed by atoms with van der Waals surface area (Å²) in [5.74, 6) is 2.89. The molecule has 1 aromatic carbocycles. The highest BCUT2D eigenvalue weighted by Gasteiger charge is 2.27. The zero-order valence-corrected chi connectivity index (χ0v) is 15.9. The van der Waals surface area contributed by atoms with E-state index < -0.39 is 0 Å². The molecule has 1 aromatic heterocycles. The largest absolute Gasteiger partial charge is 0.493 e. The Balaban J connectivity index is 1.64. The Kier molecular flexibility index (Phi) is 5.65. The first-order valence-corrected chi connectivity index (χ1v) is 8.80. The van der Waals surface area contributed by atoms with Crippen LogP contribution in [0, 0.1) is 0 Å². The molecule has 1 unspecified atom stereocenters. The molecular weight excluding hydrogens is 330 g/mol. The van der Waals surface area contributed by atoms with E-state index in [1.807, 2.05) is 43.2 Å². The molecule has 0 bridgehead atoms. The maximum atomic E-state index is 5.51. The van der Waals surface area contributed by atoms with Gasteiger partial charge in [-0.15, -0.1) is 0 Å². The monoisotopic (exact) mass is 357 g/mol. The lowest BCUT2D eigenvalue weighted by Crippen LogP contribution is -2.39. The first-order valence-electron chi connectivity index (χ1n) is 8.80. The number of benzene rings is 1. The minimum atomic E-state index is 0.494. The molecule has 26 heavy (non-hydrogen) atoms. The van der Waals surface area contributed by atoms with E-state index in [9.17, 15) is 0 Å². The molecule has 1 saturated heterocycles. The second-order valence-corrected chi connectivity index (χ2v) is 6.43. The van der Waals surface area contributed by atoms with Crippen LogP contribution in [-0.4, -0.2) is 55.0 Å². The van der Waals surface area contributed by atoms with Crippen molar-refractivity contribution >= 4 is 5.96 Å². The molecule has 1 fully saturated rings. The molecule has 0 spiro atoms. The summed E-state index contributed by atoms with van der Waals surface area (Å²) >= 11 is 0. The fraction of sp³-hybridized carbons (Fsp3) is 0.474. The zero-order chi connectivity index (χ0) is 18.5. The lowest BCUT2D eigenvalue weighted by atomic mass is 10.0. The Morgan fingerprint density at radius 1 is 1.35 bits per heavy atom. The predicted octanol–water partition coefficient (Wildman–Crippen LogP) is 2.00. The van der Waals surface area contributed by atoms with E-state index in [1.54, 1.807) is 14.2 Å². The van der Waals surface area contributed by atoms with Gasteiger partial charge in [0, 0.05) is 51.4 Å². The van der Waals surface area contributed by atoms with Crippen molar-refractivity contribution in [2.75, 3.05) is 34.4 Å². The van der Waals surface area contributed by atoms with Crippen molar-refractivity contribution in [3.8, 4) is 11.5 Å². The van der Waals surface area contributed by atoms with Gasteiger partial charge in [0.15, 0.2) is 17.5 Å². The molecule has 0 saturated carbocycles. The summed E-state index contributed by atoms with van der Waals surface area (Å²) in [6.45, 7) is 2.55. The Bertz CT molecular complexity index is 771. The molecule has 140 valence electrons. The number of guanidine groups is 1. The van der Waals surface area contributed by atoms with Crippen molar-refractivity contribution in [3.05, 3.63) is 41.7 Å². The van der Waals surface area contributed by atoms with E-state index in [2.05, 4.69) is 26.5 Å². The van der Waals surface area contributed by atoms with Crippen LogP contribution in [0.3, 0.4) is 0 Å². The fourth-order valence-electron chi connectivity index (χ4n) is 3.48. The lowest BCUT2D eigenvalue weighted by Gasteiger charge is -2.22. The minimum absolute atomic E-state index is 0.494. The third-order valence-electron chi connectivity index (χ3n) is 4.82. The molecular formula is C19H27N5O2. The van der Waals surface area contributed by atoms with Gasteiger partial charge < -0.3 is 19.7 Å². The number of aromatic nitrogens is 2. The van der Waals surface area contributed by atoms with Gasteiger partial charge in [-0.05, 0) is 18.1 Å². The summed E-state index contributed by atoms with van der Waals surface area (Å²) in [5.41, 5.74) is 2.33. The van der Waals surface area contributed by atoms with E-state index >= 15 is 0 Å². The van der Waals surface area contributed by atoms with Crippen molar-refractivity contribution in [1.82, 2.24) is 20.0 Å². The number of nitrogens with one attached hydrogen (secondary N) is 1. The minimum Gasteiger partial charge on any atom is -0.493 e. The molecule has 0 amide bonds. The van der Waals surface area contributed by atoms with Crippen LogP contribution in [0.5, 0.6) is 11.5 Å². The van der Waals surface area contributed by atoms with Crippen molar-refractivity contribution < 1.29 is 9.47 Å². The molecule has 3 rings (SSSR count). The second kappa shape index (κ2) is 8.12. The number of nitrogens with zero attached hydrogens (tertiary/aromatic N) is 4. The maximum Gasteiger partial charge on any atom is 0.193 e. The number of likely N-dealkylation sites (tertiary alicyclic amines) is 1. The number of ether oxygens (including phenoxy) is 2. The number of methoxy groups -OCH3 is 2. The van der Waals surface area contributed by atoms with Gasteiger partial charge in [-0.3, -0.25) is 9.67 Å². The Hall–Kier alpha value is -2.70. The molecule has 1 aliphatic rings. The molecule has 7 heteroatoms. The summed E-state index contributed by atoms with van der Waals surface area (Å²) in [5, 5.41) is 7.74. The van der Waals surface area contributed by atoms with Crippen LogP contribution < -0.4 is 14.8 Å². The first kappa shape index (κ1) is 18.1. The quantitative estimate of drug-likeness (QED) is 0.655. The number of aryl methyl sites for hydroxylation is 1. The van der Waals surface area contributed by atoms with Gasteiger partial charge in [-0.25, -0.2) is 0 Å². The topological polar surface area (TPSA) is 63.9 Å². The second-order valence-electron chi connectivity index (χ2n) is 6.43. The highest BCUT2D eigenvalue weighted by molar-refractivity contribution is 5.80. The third kappa shape index (κ3) is 3.76. The summed E-state index contributed by atoms with van der Waals surface area (Å²) in [7, 11) is 7.09. The number of para-hydroxylation sites is 1. The highest BCUT2D eigenvalue weighted by Crippen LogP contribution is 2.31. The third-order valence-corrected chi connectivity index (χ3v) is 4.82. The molecule has 0 aliphatic carbocycles. The Labute approximate surface area is 154 Å². The molecule has 1 atom stereocenters. The van der Waals surface area contributed by atoms with Gasteiger partial charge in [0.1, 0.15) is 0 Å². The van der Waals surface area contributed by atoms with Gasteiger partial charge in [-0.1, -0.05) is 12.1 Å². The van der Waals surface area contributed by atoms with Crippen LogP contribution >= 0.6 is 0 Å². The van der Waals surface area contributed by atoms with Crippen LogP contribution in [0.25, 0.3) is 0 Å².